The molecule has 1 aliphatic carbocycles. The Morgan fingerprint density at radius 3 is 2.50 bits per heavy atom. The van der Waals surface area contributed by atoms with E-state index in [-0.39, 0.29) is 24.1 Å². The van der Waals surface area contributed by atoms with Gasteiger partial charge in [-0.2, -0.15) is 0 Å². The zero-order valence-electron chi connectivity index (χ0n) is 13.4. The molecule has 22 heavy (non-hydrogen) atoms. The first kappa shape index (κ1) is 17.3. The van der Waals surface area contributed by atoms with Gasteiger partial charge in [-0.05, 0) is 57.4 Å². The first-order valence-corrected chi connectivity index (χ1v) is 8.20. The van der Waals surface area contributed by atoms with Gasteiger partial charge in [-0.15, -0.1) is 0 Å². The maximum absolute atomic E-state index is 12.3. The number of aliphatic hydroxyl groups is 1. The maximum Gasteiger partial charge on any atom is 0.237 e. The minimum atomic E-state index is -0.325. The Morgan fingerprint density at radius 2 is 1.95 bits per heavy atom. The Labute approximate surface area is 137 Å². The topological polar surface area (TPSA) is 52.6 Å². The molecule has 3 unspecified atom stereocenters. The maximum atomic E-state index is 12.3. The predicted octanol–water partition coefficient (Wildman–Crippen LogP) is 2.61. The van der Waals surface area contributed by atoms with E-state index in [2.05, 4.69) is 5.32 Å². The van der Waals surface area contributed by atoms with Gasteiger partial charge in [0.05, 0.1) is 18.2 Å². The number of carbonyl (C=O) groups excluding carboxylic acids is 1. The quantitative estimate of drug-likeness (QED) is 0.810. The van der Waals surface area contributed by atoms with E-state index in [1.165, 1.54) is 0 Å². The molecule has 0 aliphatic heterocycles. The normalized spacial score (nSPS) is 18.8. The summed E-state index contributed by atoms with van der Waals surface area (Å²) in [4.78, 5) is 14.3. The molecule has 0 aromatic heterocycles. The molecule has 1 saturated carbocycles. The predicted molar refractivity (Wildman–Crippen MR) is 88.8 cm³/mol. The minimum absolute atomic E-state index is 0.0343. The van der Waals surface area contributed by atoms with Crippen molar-refractivity contribution in [2.24, 2.45) is 5.92 Å². The van der Waals surface area contributed by atoms with Crippen LogP contribution < -0.4 is 5.32 Å². The average molecular weight is 325 g/mol. The fourth-order valence-electron chi connectivity index (χ4n) is 2.45. The third-order valence-electron chi connectivity index (χ3n) is 4.41. The van der Waals surface area contributed by atoms with Crippen molar-refractivity contribution in [1.29, 1.82) is 0 Å². The van der Waals surface area contributed by atoms with Crippen LogP contribution >= 0.6 is 11.6 Å². The molecule has 1 aliphatic rings. The summed E-state index contributed by atoms with van der Waals surface area (Å²) in [6, 6.07) is 7.12. The van der Waals surface area contributed by atoms with Gasteiger partial charge in [-0.25, -0.2) is 0 Å². The SMILES string of the molecule is CC(NC(=O)C(C)N(C)CC(O)C1CC1)c1ccc(Cl)cc1. The van der Waals surface area contributed by atoms with Gasteiger partial charge in [0.15, 0.2) is 0 Å². The van der Waals surface area contributed by atoms with Crippen molar-refractivity contribution in [1.82, 2.24) is 10.2 Å². The third kappa shape index (κ3) is 4.70. The number of carbonyl (C=O) groups is 1. The largest absolute Gasteiger partial charge is 0.392 e. The van der Waals surface area contributed by atoms with E-state index in [0.29, 0.717) is 17.5 Å². The van der Waals surface area contributed by atoms with Gasteiger partial charge in [0.2, 0.25) is 5.91 Å². The molecule has 0 bridgehead atoms. The number of halogens is 1. The van der Waals surface area contributed by atoms with E-state index in [0.717, 1.165) is 18.4 Å². The molecule has 5 heteroatoms. The van der Waals surface area contributed by atoms with Crippen LogP contribution in [0.2, 0.25) is 5.02 Å². The van der Waals surface area contributed by atoms with Crippen LogP contribution in [0.1, 0.15) is 38.3 Å². The highest BCUT2D eigenvalue weighted by Crippen LogP contribution is 2.32. The van der Waals surface area contributed by atoms with Crippen molar-refractivity contribution in [2.75, 3.05) is 13.6 Å². The Morgan fingerprint density at radius 1 is 1.36 bits per heavy atom. The van der Waals surface area contributed by atoms with Crippen LogP contribution in [-0.2, 0) is 4.79 Å². The zero-order chi connectivity index (χ0) is 16.3. The van der Waals surface area contributed by atoms with Gasteiger partial charge in [0.25, 0.3) is 0 Å². The van der Waals surface area contributed by atoms with Gasteiger partial charge in [-0.1, -0.05) is 23.7 Å². The molecular weight excluding hydrogens is 300 g/mol. The van der Waals surface area contributed by atoms with Crippen molar-refractivity contribution in [3.63, 3.8) is 0 Å². The van der Waals surface area contributed by atoms with Gasteiger partial charge < -0.3 is 10.4 Å². The molecular formula is C17H25ClN2O2. The highest BCUT2D eigenvalue weighted by Gasteiger charge is 2.32. The lowest BCUT2D eigenvalue weighted by Crippen LogP contribution is -2.46. The van der Waals surface area contributed by atoms with Crippen LogP contribution in [-0.4, -0.2) is 41.7 Å². The zero-order valence-corrected chi connectivity index (χ0v) is 14.2. The summed E-state index contributed by atoms with van der Waals surface area (Å²) in [6.07, 6.45) is 1.88. The van der Waals surface area contributed by atoms with Crippen LogP contribution in [0.3, 0.4) is 0 Å². The Bertz CT molecular complexity index is 502. The van der Waals surface area contributed by atoms with Crippen molar-refractivity contribution in [3.8, 4) is 0 Å². The molecule has 3 atom stereocenters. The molecule has 0 spiro atoms. The number of nitrogens with one attached hydrogen (secondary N) is 1. The lowest BCUT2D eigenvalue weighted by Gasteiger charge is -2.27. The summed E-state index contributed by atoms with van der Waals surface area (Å²) in [7, 11) is 1.88. The number of hydrogen-bond acceptors (Lipinski definition) is 3. The highest BCUT2D eigenvalue weighted by atomic mass is 35.5. The van der Waals surface area contributed by atoms with E-state index in [1.807, 2.05) is 50.1 Å². The summed E-state index contributed by atoms with van der Waals surface area (Å²) in [5.74, 6) is 0.388. The van der Waals surface area contributed by atoms with Crippen molar-refractivity contribution in [3.05, 3.63) is 34.9 Å². The molecule has 0 heterocycles. The molecule has 122 valence electrons. The third-order valence-corrected chi connectivity index (χ3v) is 4.66. The molecule has 0 saturated heterocycles. The fourth-order valence-corrected chi connectivity index (χ4v) is 2.58. The first-order valence-electron chi connectivity index (χ1n) is 7.82. The second-order valence-corrected chi connectivity index (χ2v) is 6.74. The monoisotopic (exact) mass is 324 g/mol. The molecule has 0 radical (unpaired) electrons. The summed E-state index contributed by atoms with van der Waals surface area (Å²) < 4.78 is 0. The average Bonchev–Trinajstić information content (AvgIpc) is 3.31. The number of amides is 1. The van der Waals surface area contributed by atoms with Crippen molar-refractivity contribution >= 4 is 17.5 Å². The lowest BCUT2D eigenvalue weighted by molar-refractivity contribution is -0.126. The van der Waals surface area contributed by atoms with Gasteiger partial charge in [0.1, 0.15) is 0 Å². The van der Waals surface area contributed by atoms with Gasteiger partial charge in [0, 0.05) is 11.6 Å². The fraction of sp³-hybridized carbons (Fsp3) is 0.588. The van der Waals surface area contributed by atoms with E-state index in [4.69, 9.17) is 11.6 Å². The Hall–Kier alpha value is -1.10. The molecule has 1 amide bonds. The summed E-state index contributed by atoms with van der Waals surface area (Å²) in [5, 5.41) is 13.7. The van der Waals surface area contributed by atoms with Crippen molar-refractivity contribution in [2.45, 2.75) is 44.9 Å². The van der Waals surface area contributed by atoms with Crippen LogP contribution in [0.15, 0.2) is 24.3 Å². The van der Waals surface area contributed by atoms with E-state index in [1.54, 1.807) is 0 Å². The van der Waals surface area contributed by atoms with E-state index < -0.39 is 0 Å². The lowest BCUT2D eigenvalue weighted by atomic mass is 10.1. The summed E-state index contributed by atoms with van der Waals surface area (Å²) >= 11 is 5.88. The summed E-state index contributed by atoms with van der Waals surface area (Å²) in [6.45, 7) is 4.35. The van der Waals surface area contributed by atoms with Crippen molar-refractivity contribution < 1.29 is 9.90 Å². The molecule has 1 aromatic rings. The Kier molecular flexibility index (Phi) is 5.84. The number of aliphatic hydroxyl groups excluding tert-OH is 1. The van der Waals surface area contributed by atoms with Crippen LogP contribution in [0.4, 0.5) is 0 Å². The first-order chi connectivity index (χ1) is 10.4. The molecule has 1 aromatic carbocycles. The smallest absolute Gasteiger partial charge is 0.237 e. The van der Waals surface area contributed by atoms with Gasteiger partial charge >= 0.3 is 0 Å². The second-order valence-electron chi connectivity index (χ2n) is 6.30. The molecule has 1 fully saturated rings. The van der Waals surface area contributed by atoms with E-state index >= 15 is 0 Å². The molecule has 4 nitrogen and oxygen atoms in total. The summed E-state index contributed by atoms with van der Waals surface area (Å²) in [5.41, 5.74) is 1.02. The number of hydrogen-bond donors (Lipinski definition) is 2. The number of rotatable bonds is 7. The number of likely N-dealkylation sites (N-methyl/N-ethyl adjacent to an activating group) is 1. The highest BCUT2D eigenvalue weighted by molar-refractivity contribution is 6.30. The second kappa shape index (κ2) is 7.44. The number of benzene rings is 1. The Balaban J connectivity index is 1.85. The van der Waals surface area contributed by atoms with Crippen LogP contribution in [0.25, 0.3) is 0 Å². The number of nitrogens with zero attached hydrogens (tertiary/aromatic N) is 1. The van der Waals surface area contributed by atoms with Crippen LogP contribution in [0.5, 0.6) is 0 Å². The van der Waals surface area contributed by atoms with Crippen LogP contribution in [0, 0.1) is 5.92 Å². The minimum Gasteiger partial charge on any atom is -0.392 e. The molecule has 2 N–H and O–H groups in total. The van der Waals surface area contributed by atoms with E-state index in [9.17, 15) is 9.90 Å². The van der Waals surface area contributed by atoms with Gasteiger partial charge in [-0.3, -0.25) is 9.69 Å². The standard InChI is InChI=1S/C17H25ClN2O2/c1-11(13-6-8-15(18)9-7-13)19-17(22)12(2)20(3)10-16(21)14-4-5-14/h6-9,11-12,14,16,21H,4-5,10H2,1-3H3,(H,19,22). The molecule has 2 rings (SSSR count).